The third kappa shape index (κ3) is 3.60. The highest BCUT2D eigenvalue weighted by Gasteiger charge is 2.42. The Bertz CT molecular complexity index is 637. The second-order valence-corrected chi connectivity index (χ2v) is 5.37. The van der Waals surface area contributed by atoms with E-state index in [0.29, 0.717) is 12.8 Å². The maximum atomic E-state index is 12.5. The Kier molecular flexibility index (Phi) is 5.64. The number of carboxylic acid groups (broad SMARTS) is 1. The molecule has 0 fully saturated rings. The Balaban J connectivity index is 2.23. The summed E-state index contributed by atoms with van der Waals surface area (Å²) in [4.78, 5) is 48.7. The fraction of sp³-hybridized carbons (Fsp3) is 0.375. The van der Waals surface area contributed by atoms with Crippen LogP contribution in [0.3, 0.4) is 0 Å². The maximum absolute atomic E-state index is 12.5. The largest absolute Gasteiger partial charge is 0.480 e. The van der Waals surface area contributed by atoms with Crippen LogP contribution in [0.4, 0.5) is 0 Å². The fourth-order valence-corrected chi connectivity index (χ4v) is 2.60. The molecule has 0 spiro atoms. The number of aliphatic hydroxyl groups is 1. The van der Waals surface area contributed by atoms with Crippen molar-refractivity contribution in [3.63, 3.8) is 0 Å². The van der Waals surface area contributed by atoms with Crippen molar-refractivity contribution in [2.24, 2.45) is 0 Å². The molecule has 1 heterocycles. The molecule has 2 rings (SSSR count). The molecule has 1 aliphatic heterocycles. The lowest BCUT2D eigenvalue weighted by Gasteiger charge is -2.25. The van der Waals surface area contributed by atoms with Crippen LogP contribution < -0.4 is 5.32 Å². The molecule has 1 unspecified atom stereocenters. The van der Waals surface area contributed by atoms with Crippen LogP contribution in [0.2, 0.25) is 0 Å². The first-order chi connectivity index (χ1) is 11.5. The van der Waals surface area contributed by atoms with E-state index >= 15 is 0 Å². The van der Waals surface area contributed by atoms with Crippen LogP contribution in [0.5, 0.6) is 0 Å². The van der Waals surface area contributed by atoms with Crippen LogP contribution in [-0.4, -0.2) is 58.0 Å². The van der Waals surface area contributed by atoms with Gasteiger partial charge in [0.15, 0.2) is 0 Å². The molecule has 0 aromatic heterocycles. The van der Waals surface area contributed by atoms with E-state index in [9.17, 15) is 19.2 Å². The van der Waals surface area contributed by atoms with Crippen molar-refractivity contribution >= 4 is 23.7 Å². The standard InChI is InChI=1S/C16H18N2O6/c19-8-4-3-7-12(14(22)17-9-13(20)21)18-15(23)10-5-1-2-6-11(10)16(18)24/h1-2,5-6,12,19H,3-4,7-9H2,(H,17,22)(H,20,21). The van der Waals surface area contributed by atoms with Gasteiger partial charge in [0.25, 0.3) is 11.8 Å². The second kappa shape index (κ2) is 7.69. The van der Waals surface area contributed by atoms with Gasteiger partial charge >= 0.3 is 5.97 Å². The SMILES string of the molecule is O=C(O)CNC(=O)C(CCCCO)N1C(=O)c2ccccc2C1=O. The molecule has 8 heteroatoms. The monoisotopic (exact) mass is 334 g/mol. The van der Waals surface area contributed by atoms with Gasteiger partial charge in [-0.1, -0.05) is 12.1 Å². The number of carbonyl (C=O) groups excluding carboxylic acids is 3. The average Bonchev–Trinajstić information content (AvgIpc) is 2.82. The van der Waals surface area contributed by atoms with Gasteiger partial charge in [0.05, 0.1) is 11.1 Å². The van der Waals surface area contributed by atoms with Gasteiger partial charge in [-0.15, -0.1) is 0 Å². The van der Waals surface area contributed by atoms with E-state index in [4.69, 9.17) is 10.2 Å². The van der Waals surface area contributed by atoms with Gasteiger partial charge in [0, 0.05) is 6.61 Å². The number of amides is 3. The van der Waals surface area contributed by atoms with Gasteiger partial charge in [-0.05, 0) is 31.4 Å². The van der Waals surface area contributed by atoms with Crippen LogP contribution in [0.1, 0.15) is 40.0 Å². The second-order valence-electron chi connectivity index (χ2n) is 5.37. The van der Waals surface area contributed by atoms with E-state index in [-0.39, 0.29) is 24.2 Å². The number of unbranched alkanes of at least 4 members (excludes halogenated alkanes) is 1. The molecular formula is C16H18N2O6. The number of aliphatic carboxylic acids is 1. The summed E-state index contributed by atoms with van der Waals surface area (Å²) in [6, 6.07) is 5.16. The summed E-state index contributed by atoms with van der Waals surface area (Å²) in [7, 11) is 0. The molecule has 1 aliphatic rings. The van der Waals surface area contributed by atoms with Gasteiger partial charge < -0.3 is 15.5 Å². The summed E-state index contributed by atoms with van der Waals surface area (Å²) in [5.41, 5.74) is 0.446. The lowest BCUT2D eigenvalue weighted by Crippen LogP contribution is -2.50. The molecule has 3 amide bonds. The van der Waals surface area contributed by atoms with Crippen molar-refractivity contribution in [1.82, 2.24) is 10.2 Å². The van der Waals surface area contributed by atoms with Gasteiger partial charge in [-0.2, -0.15) is 0 Å². The number of rotatable bonds is 8. The number of benzene rings is 1. The zero-order valence-corrected chi connectivity index (χ0v) is 12.9. The minimum Gasteiger partial charge on any atom is -0.480 e. The number of aliphatic hydroxyl groups excluding tert-OH is 1. The topological polar surface area (TPSA) is 124 Å². The van der Waals surface area contributed by atoms with Crippen LogP contribution >= 0.6 is 0 Å². The first kappa shape index (κ1) is 17.6. The van der Waals surface area contributed by atoms with Crippen LogP contribution in [-0.2, 0) is 9.59 Å². The highest BCUT2D eigenvalue weighted by atomic mass is 16.4. The van der Waals surface area contributed by atoms with Crippen LogP contribution in [0.25, 0.3) is 0 Å². The minimum absolute atomic E-state index is 0.0778. The molecule has 0 saturated heterocycles. The number of fused-ring (bicyclic) bond motifs is 1. The van der Waals surface area contributed by atoms with Crippen molar-refractivity contribution in [3.8, 4) is 0 Å². The summed E-state index contributed by atoms with van der Waals surface area (Å²) in [5.74, 6) is -3.07. The summed E-state index contributed by atoms with van der Waals surface area (Å²) < 4.78 is 0. The number of hydrogen-bond acceptors (Lipinski definition) is 5. The number of nitrogens with zero attached hydrogens (tertiary/aromatic N) is 1. The molecule has 1 aromatic carbocycles. The van der Waals surface area contributed by atoms with Gasteiger partial charge in [0.1, 0.15) is 12.6 Å². The average molecular weight is 334 g/mol. The van der Waals surface area contributed by atoms with E-state index in [2.05, 4.69) is 5.32 Å². The summed E-state index contributed by atoms with van der Waals surface area (Å²) >= 11 is 0. The Morgan fingerprint density at radius 3 is 2.17 bits per heavy atom. The quantitative estimate of drug-likeness (QED) is 0.454. The molecule has 1 aromatic rings. The third-order valence-corrected chi connectivity index (χ3v) is 3.74. The number of hydrogen-bond donors (Lipinski definition) is 3. The predicted molar refractivity (Wildman–Crippen MR) is 82.3 cm³/mol. The van der Waals surface area contributed by atoms with Gasteiger partial charge in [-0.25, -0.2) is 0 Å². The first-order valence-corrected chi connectivity index (χ1v) is 7.54. The molecule has 128 valence electrons. The predicted octanol–water partition coefficient (Wildman–Crippen LogP) is 0.0146. The number of carbonyl (C=O) groups is 4. The van der Waals surface area contributed by atoms with E-state index in [1.165, 1.54) is 12.1 Å². The third-order valence-electron chi connectivity index (χ3n) is 3.74. The number of imide groups is 1. The number of nitrogens with one attached hydrogen (secondary N) is 1. The number of carboxylic acids is 1. The van der Waals surface area contributed by atoms with Crippen molar-refractivity contribution in [2.75, 3.05) is 13.2 Å². The molecule has 8 nitrogen and oxygen atoms in total. The normalized spacial score (nSPS) is 14.5. The van der Waals surface area contributed by atoms with E-state index in [1.807, 2.05) is 0 Å². The van der Waals surface area contributed by atoms with Crippen molar-refractivity contribution in [2.45, 2.75) is 25.3 Å². The lowest BCUT2D eigenvalue weighted by atomic mass is 10.1. The Hall–Kier alpha value is -2.74. The van der Waals surface area contributed by atoms with E-state index in [0.717, 1.165) is 4.90 Å². The molecule has 24 heavy (non-hydrogen) atoms. The molecule has 0 radical (unpaired) electrons. The van der Waals surface area contributed by atoms with E-state index < -0.39 is 36.3 Å². The summed E-state index contributed by atoms with van der Waals surface area (Å²) in [6.45, 7) is -0.677. The highest BCUT2D eigenvalue weighted by molar-refractivity contribution is 6.22. The van der Waals surface area contributed by atoms with Gasteiger partial charge in [0.2, 0.25) is 5.91 Å². The van der Waals surface area contributed by atoms with Crippen molar-refractivity contribution < 1.29 is 29.4 Å². The van der Waals surface area contributed by atoms with Crippen LogP contribution in [0, 0.1) is 0 Å². The molecule has 3 N–H and O–H groups in total. The molecule has 1 atom stereocenters. The van der Waals surface area contributed by atoms with Gasteiger partial charge in [-0.3, -0.25) is 24.1 Å². The first-order valence-electron chi connectivity index (χ1n) is 7.54. The molecule has 0 aliphatic carbocycles. The highest BCUT2D eigenvalue weighted by Crippen LogP contribution is 2.26. The lowest BCUT2D eigenvalue weighted by molar-refractivity contribution is -0.138. The smallest absolute Gasteiger partial charge is 0.322 e. The van der Waals surface area contributed by atoms with Crippen molar-refractivity contribution in [3.05, 3.63) is 35.4 Å². The van der Waals surface area contributed by atoms with Crippen LogP contribution in [0.15, 0.2) is 24.3 Å². The maximum Gasteiger partial charge on any atom is 0.322 e. The minimum atomic E-state index is -1.22. The zero-order chi connectivity index (χ0) is 17.7. The molecule has 0 bridgehead atoms. The van der Waals surface area contributed by atoms with Crippen molar-refractivity contribution in [1.29, 1.82) is 0 Å². The molecular weight excluding hydrogens is 316 g/mol. The van der Waals surface area contributed by atoms with E-state index in [1.54, 1.807) is 12.1 Å². The zero-order valence-electron chi connectivity index (χ0n) is 12.9. The molecule has 0 saturated carbocycles. The Morgan fingerprint density at radius 2 is 1.67 bits per heavy atom. The summed E-state index contributed by atoms with van der Waals surface area (Å²) in [5, 5.41) is 19.8. The summed E-state index contributed by atoms with van der Waals surface area (Å²) in [6.07, 6.45) is 0.971. The fourth-order valence-electron chi connectivity index (χ4n) is 2.60. The Morgan fingerprint density at radius 1 is 1.08 bits per heavy atom. The Labute approximate surface area is 138 Å².